The van der Waals surface area contributed by atoms with Crippen molar-refractivity contribution in [1.29, 1.82) is 0 Å². The average Bonchev–Trinajstić information content (AvgIpc) is 3.21. The summed E-state index contributed by atoms with van der Waals surface area (Å²) in [6, 6.07) is 15.3. The molecular weight excluding hydrogens is 380 g/mol. The summed E-state index contributed by atoms with van der Waals surface area (Å²) < 4.78 is 31.1. The van der Waals surface area contributed by atoms with Gasteiger partial charge in [0.2, 0.25) is 9.84 Å². The summed E-state index contributed by atoms with van der Waals surface area (Å²) in [6.07, 6.45) is 0. The Morgan fingerprint density at radius 2 is 1.32 bits per heavy atom. The Bertz CT molecular complexity index is 1410. The smallest absolute Gasteiger partial charge is 0.208 e. The fourth-order valence-electron chi connectivity index (χ4n) is 3.41. The molecule has 0 unspecified atom stereocenters. The minimum absolute atomic E-state index is 0.00645. The summed E-state index contributed by atoms with van der Waals surface area (Å²) in [5, 5.41) is 7.44. The van der Waals surface area contributed by atoms with Gasteiger partial charge in [0.25, 0.3) is 0 Å². The zero-order valence-corrected chi connectivity index (χ0v) is 14.9. The van der Waals surface area contributed by atoms with Gasteiger partial charge in [-0.2, -0.15) is 0 Å². The second-order valence-corrected chi connectivity index (χ2v) is 8.20. The lowest BCUT2D eigenvalue weighted by Gasteiger charge is -2.18. The van der Waals surface area contributed by atoms with E-state index in [2.05, 4.69) is 10.3 Å². The minimum Gasteiger partial charge on any atom is -0.289 e. The average molecular weight is 390 g/mol. The number of fused-ring (bicyclic) bond motifs is 4. The fraction of sp³-hybridized carbons (Fsp3) is 0. The van der Waals surface area contributed by atoms with Crippen LogP contribution in [0.3, 0.4) is 0 Å². The van der Waals surface area contributed by atoms with E-state index in [1.54, 1.807) is 36.4 Å². The molecule has 0 N–H and O–H groups in total. The topological polar surface area (TPSA) is 107 Å². The second kappa shape index (κ2) is 5.67. The van der Waals surface area contributed by atoms with Crippen molar-refractivity contribution in [1.82, 2.24) is 10.3 Å². The summed E-state index contributed by atoms with van der Waals surface area (Å²) in [5.41, 5.74) is 0.318. The summed E-state index contributed by atoms with van der Waals surface area (Å²) in [7, 11) is -4.01. The predicted octanol–water partition coefficient (Wildman–Crippen LogP) is 2.83. The molecule has 1 aliphatic rings. The summed E-state index contributed by atoms with van der Waals surface area (Å²) in [6.45, 7) is 0. The molecule has 7 nitrogen and oxygen atoms in total. The quantitative estimate of drug-likeness (QED) is 0.456. The molecule has 0 saturated heterocycles. The van der Waals surface area contributed by atoms with Crippen LogP contribution < -0.4 is 0 Å². The van der Waals surface area contributed by atoms with Crippen LogP contribution in [0.5, 0.6) is 0 Å². The van der Waals surface area contributed by atoms with E-state index in [4.69, 9.17) is 4.63 Å². The van der Waals surface area contributed by atoms with Crippen LogP contribution in [0.4, 0.5) is 0 Å². The van der Waals surface area contributed by atoms with Crippen molar-refractivity contribution < 1.29 is 22.6 Å². The Balaban J connectivity index is 1.86. The number of nitrogens with zero attached hydrogens (tertiary/aromatic N) is 2. The van der Waals surface area contributed by atoms with E-state index in [1.807, 2.05) is 0 Å². The molecular formula is C20H10N2O5S. The number of carbonyl (C=O) groups is 2. The molecule has 4 aromatic rings. The van der Waals surface area contributed by atoms with Crippen LogP contribution in [0.15, 0.2) is 75.1 Å². The molecule has 0 saturated carbocycles. The molecule has 28 heavy (non-hydrogen) atoms. The maximum atomic E-state index is 13.2. The van der Waals surface area contributed by atoms with Crippen molar-refractivity contribution in [3.05, 3.63) is 82.9 Å². The van der Waals surface area contributed by atoms with Gasteiger partial charge in [-0.15, -0.1) is 0 Å². The molecule has 0 atom stereocenters. The molecule has 0 aliphatic heterocycles. The molecule has 0 amide bonds. The van der Waals surface area contributed by atoms with Crippen LogP contribution in [-0.4, -0.2) is 30.3 Å². The first-order valence-electron chi connectivity index (χ1n) is 8.28. The first-order valence-corrected chi connectivity index (χ1v) is 9.76. The van der Waals surface area contributed by atoms with Gasteiger partial charge in [0.05, 0.1) is 10.5 Å². The van der Waals surface area contributed by atoms with E-state index < -0.39 is 21.4 Å². The van der Waals surface area contributed by atoms with Crippen LogP contribution >= 0.6 is 0 Å². The number of benzene rings is 3. The number of rotatable bonds is 2. The van der Waals surface area contributed by atoms with Gasteiger partial charge in [0.15, 0.2) is 17.1 Å². The first kappa shape index (κ1) is 16.5. The largest absolute Gasteiger partial charge is 0.289 e. The van der Waals surface area contributed by atoms with Gasteiger partial charge >= 0.3 is 0 Å². The highest BCUT2D eigenvalue weighted by Gasteiger charge is 2.36. The van der Waals surface area contributed by atoms with Crippen molar-refractivity contribution in [2.24, 2.45) is 0 Å². The van der Waals surface area contributed by atoms with Crippen molar-refractivity contribution in [2.75, 3.05) is 0 Å². The summed E-state index contributed by atoms with van der Waals surface area (Å²) in [4.78, 5) is 25.8. The van der Waals surface area contributed by atoms with Crippen LogP contribution in [-0.2, 0) is 9.84 Å². The van der Waals surface area contributed by atoms with Crippen molar-refractivity contribution in [3.63, 3.8) is 0 Å². The van der Waals surface area contributed by atoms with Crippen LogP contribution in [0.1, 0.15) is 31.8 Å². The monoisotopic (exact) mass is 390 g/mol. The highest BCUT2D eigenvalue weighted by atomic mass is 32.2. The Hall–Kier alpha value is -3.65. The molecule has 1 heterocycles. The van der Waals surface area contributed by atoms with Gasteiger partial charge < -0.3 is 0 Å². The van der Waals surface area contributed by atoms with Gasteiger partial charge in [-0.25, -0.2) is 13.0 Å². The predicted molar refractivity (Wildman–Crippen MR) is 97.0 cm³/mol. The van der Waals surface area contributed by atoms with Crippen molar-refractivity contribution in [3.8, 4) is 0 Å². The molecule has 1 aromatic heterocycles. The second-order valence-electron chi connectivity index (χ2n) is 6.28. The molecule has 0 fully saturated rings. The number of hydrogen-bond acceptors (Lipinski definition) is 7. The maximum absolute atomic E-state index is 13.2. The first-order chi connectivity index (χ1) is 13.5. The summed E-state index contributed by atoms with van der Waals surface area (Å²) >= 11 is 0. The lowest BCUT2D eigenvalue weighted by Crippen LogP contribution is -2.22. The SMILES string of the molecule is O=C1c2ccccc2C(=O)c2c1cc(S(=O)(=O)c1ccccc1)c1nonc21. The van der Waals surface area contributed by atoms with Gasteiger partial charge in [-0.1, -0.05) is 42.5 Å². The van der Waals surface area contributed by atoms with Gasteiger partial charge in [-0.3, -0.25) is 9.59 Å². The summed E-state index contributed by atoms with van der Waals surface area (Å²) in [5.74, 6) is -0.867. The third-order valence-corrected chi connectivity index (χ3v) is 6.52. The number of ketones is 2. The highest BCUT2D eigenvalue weighted by molar-refractivity contribution is 7.91. The molecule has 0 spiro atoms. The Kier molecular flexibility index (Phi) is 3.35. The Labute approximate surface area is 158 Å². The molecule has 5 rings (SSSR count). The van der Waals surface area contributed by atoms with E-state index in [1.165, 1.54) is 24.3 Å². The third kappa shape index (κ3) is 2.12. The van der Waals surface area contributed by atoms with Crippen LogP contribution in [0, 0.1) is 0 Å². The van der Waals surface area contributed by atoms with Crippen LogP contribution in [0.2, 0.25) is 0 Å². The van der Waals surface area contributed by atoms with E-state index >= 15 is 0 Å². The van der Waals surface area contributed by atoms with Gasteiger partial charge in [0.1, 0.15) is 10.4 Å². The molecule has 0 bridgehead atoms. The number of carbonyl (C=O) groups excluding carboxylic acids is 2. The lowest BCUT2D eigenvalue weighted by molar-refractivity contribution is 0.0980. The molecule has 3 aromatic carbocycles. The number of aromatic nitrogens is 2. The van der Waals surface area contributed by atoms with E-state index in [0.717, 1.165) is 0 Å². The molecule has 136 valence electrons. The Morgan fingerprint density at radius 3 is 2.04 bits per heavy atom. The normalized spacial score (nSPS) is 13.4. The Morgan fingerprint density at radius 1 is 0.714 bits per heavy atom. The molecule has 1 aliphatic carbocycles. The van der Waals surface area contributed by atoms with E-state index in [-0.39, 0.29) is 43.1 Å². The lowest BCUT2D eigenvalue weighted by atomic mass is 9.83. The van der Waals surface area contributed by atoms with Gasteiger partial charge in [-0.05, 0) is 28.5 Å². The van der Waals surface area contributed by atoms with Gasteiger partial charge in [0, 0.05) is 16.7 Å². The molecule has 8 heteroatoms. The maximum Gasteiger partial charge on any atom is 0.208 e. The highest BCUT2D eigenvalue weighted by Crippen LogP contribution is 2.36. The zero-order chi connectivity index (χ0) is 19.5. The number of hydrogen-bond donors (Lipinski definition) is 0. The van der Waals surface area contributed by atoms with Crippen molar-refractivity contribution >= 4 is 32.4 Å². The van der Waals surface area contributed by atoms with E-state index in [0.29, 0.717) is 0 Å². The number of sulfone groups is 1. The third-order valence-electron chi connectivity index (χ3n) is 4.73. The van der Waals surface area contributed by atoms with Crippen molar-refractivity contribution in [2.45, 2.75) is 9.79 Å². The standard InChI is InChI=1S/C20H10N2O5S/c23-19-12-8-4-5-9-13(12)20(24)16-14(19)10-15(17-18(16)22-27-21-17)28(25,26)11-6-2-1-3-7-11/h1-10H. The fourth-order valence-corrected chi connectivity index (χ4v) is 4.84. The van der Waals surface area contributed by atoms with E-state index in [9.17, 15) is 18.0 Å². The zero-order valence-electron chi connectivity index (χ0n) is 14.1. The minimum atomic E-state index is -4.01. The van der Waals surface area contributed by atoms with Crippen LogP contribution in [0.25, 0.3) is 11.0 Å². The molecule has 0 radical (unpaired) electrons.